The molecule has 3 aromatic carbocycles. The third-order valence-electron chi connectivity index (χ3n) is 5.80. The maximum absolute atomic E-state index is 15.2. The van der Waals surface area contributed by atoms with Crippen LogP contribution in [0.25, 0.3) is 11.0 Å². The van der Waals surface area contributed by atoms with Crippen LogP contribution in [0.4, 0.5) is 35.2 Å². The standard InChI is InChI=1S/C26H20F3N5O3/c27-16-2-4-17(5-3-16)31-26(36)33-20-8-6-18(28)23(24(20)29)25(35)15-1-7-19-21(13-15)32-22(14-30-19)34-9-11-37-12-10-34/h1-8,13-14H,9-12H2,(H2,31,33,36). The van der Waals surface area contributed by atoms with Crippen LogP contribution in [-0.2, 0) is 4.74 Å². The van der Waals surface area contributed by atoms with Crippen molar-refractivity contribution >= 4 is 40.0 Å². The van der Waals surface area contributed by atoms with Gasteiger partial charge >= 0.3 is 6.03 Å². The van der Waals surface area contributed by atoms with Crippen molar-refractivity contribution in [1.82, 2.24) is 9.97 Å². The number of urea groups is 1. The molecule has 0 atom stereocenters. The fourth-order valence-corrected chi connectivity index (χ4v) is 3.91. The van der Waals surface area contributed by atoms with Gasteiger partial charge in [-0.2, -0.15) is 0 Å². The molecule has 0 aliphatic carbocycles. The molecule has 2 heterocycles. The Morgan fingerprint density at radius 2 is 1.65 bits per heavy atom. The molecule has 1 aromatic heterocycles. The fourth-order valence-electron chi connectivity index (χ4n) is 3.91. The number of hydrogen-bond acceptors (Lipinski definition) is 6. The van der Waals surface area contributed by atoms with Crippen molar-refractivity contribution < 1.29 is 27.5 Å². The van der Waals surface area contributed by atoms with Gasteiger partial charge in [0.2, 0.25) is 0 Å². The number of carbonyl (C=O) groups is 2. The van der Waals surface area contributed by atoms with Crippen LogP contribution in [0.2, 0.25) is 0 Å². The van der Waals surface area contributed by atoms with Crippen LogP contribution < -0.4 is 15.5 Å². The summed E-state index contributed by atoms with van der Waals surface area (Å²) in [6, 6.07) is 10.3. The molecule has 8 nitrogen and oxygen atoms in total. The van der Waals surface area contributed by atoms with E-state index in [2.05, 4.69) is 20.6 Å². The fraction of sp³-hybridized carbons (Fsp3) is 0.154. The van der Waals surface area contributed by atoms with Crippen LogP contribution in [0.15, 0.2) is 60.8 Å². The Morgan fingerprint density at radius 3 is 2.41 bits per heavy atom. The summed E-state index contributed by atoms with van der Waals surface area (Å²) in [5.74, 6) is -3.11. The number of ether oxygens (including phenoxy) is 1. The van der Waals surface area contributed by atoms with E-state index in [-0.39, 0.29) is 11.3 Å². The van der Waals surface area contributed by atoms with Crippen molar-refractivity contribution in [2.45, 2.75) is 0 Å². The lowest BCUT2D eigenvalue weighted by Gasteiger charge is -2.27. The van der Waals surface area contributed by atoms with Crippen LogP contribution >= 0.6 is 0 Å². The predicted octanol–water partition coefficient (Wildman–Crippen LogP) is 4.76. The predicted molar refractivity (Wildman–Crippen MR) is 131 cm³/mol. The molecule has 2 N–H and O–H groups in total. The number of morpholine rings is 1. The minimum Gasteiger partial charge on any atom is -0.378 e. The largest absolute Gasteiger partial charge is 0.378 e. The number of benzene rings is 3. The Morgan fingerprint density at radius 1 is 0.892 bits per heavy atom. The highest BCUT2D eigenvalue weighted by molar-refractivity contribution is 6.11. The first-order valence-electron chi connectivity index (χ1n) is 11.3. The number of amides is 2. The normalized spacial score (nSPS) is 13.4. The second-order valence-electron chi connectivity index (χ2n) is 8.23. The van der Waals surface area contributed by atoms with Crippen LogP contribution in [0.5, 0.6) is 0 Å². The highest BCUT2D eigenvalue weighted by Gasteiger charge is 2.23. The number of fused-ring (bicyclic) bond motifs is 1. The van der Waals surface area contributed by atoms with Gasteiger partial charge in [-0.1, -0.05) is 0 Å². The molecule has 1 saturated heterocycles. The van der Waals surface area contributed by atoms with E-state index in [4.69, 9.17) is 4.74 Å². The van der Waals surface area contributed by atoms with E-state index in [1.807, 2.05) is 4.90 Å². The van der Waals surface area contributed by atoms with Crippen LogP contribution in [0, 0.1) is 17.5 Å². The maximum Gasteiger partial charge on any atom is 0.323 e. The van der Waals surface area contributed by atoms with E-state index in [1.54, 1.807) is 12.3 Å². The quantitative estimate of drug-likeness (QED) is 0.378. The molecule has 11 heteroatoms. The molecule has 1 aliphatic rings. The lowest BCUT2D eigenvalue weighted by molar-refractivity contribution is 0.103. The zero-order valence-electron chi connectivity index (χ0n) is 19.3. The molecule has 0 saturated carbocycles. The Balaban J connectivity index is 1.40. The number of carbonyl (C=O) groups excluding carboxylic acids is 2. The summed E-state index contributed by atoms with van der Waals surface area (Å²) < 4.78 is 48.3. The van der Waals surface area contributed by atoms with Crippen LogP contribution in [-0.4, -0.2) is 48.1 Å². The maximum atomic E-state index is 15.2. The van der Waals surface area contributed by atoms with Gasteiger partial charge in [0, 0.05) is 24.3 Å². The Hall–Kier alpha value is -4.51. The zero-order chi connectivity index (χ0) is 25.9. The average molecular weight is 507 g/mol. The summed E-state index contributed by atoms with van der Waals surface area (Å²) in [6.45, 7) is 2.40. The molecule has 2 amide bonds. The summed E-state index contributed by atoms with van der Waals surface area (Å²) in [5, 5.41) is 4.65. The average Bonchev–Trinajstić information content (AvgIpc) is 2.91. The summed E-state index contributed by atoms with van der Waals surface area (Å²) in [6.07, 6.45) is 1.63. The first kappa shape index (κ1) is 24.2. The molecule has 4 aromatic rings. The van der Waals surface area contributed by atoms with E-state index in [0.717, 1.165) is 24.3 Å². The number of nitrogens with one attached hydrogen (secondary N) is 2. The molecular weight excluding hydrogens is 487 g/mol. The molecule has 1 fully saturated rings. The van der Waals surface area contributed by atoms with Crippen LogP contribution in [0.1, 0.15) is 15.9 Å². The Labute approximate surface area is 209 Å². The van der Waals surface area contributed by atoms with Crippen molar-refractivity contribution in [3.63, 3.8) is 0 Å². The molecule has 0 spiro atoms. The lowest BCUT2D eigenvalue weighted by Crippen LogP contribution is -2.36. The van der Waals surface area contributed by atoms with E-state index in [0.29, 0.717) is 43.2 Å². The number of hydrogen-bond donors (Lipinski definition) is 2. The number of ketones is 1. The van der Waals surface area contributed by atoms with E-state index < -0.39 is 40.5 Å². The van der Waals surface area contributed by atoms with Crippen molar-refractivity contribution in [3.05, 3.63) is 89.4 Å². The summed E-state index contributed by atoms with van der Waals surface area (Å²) in [5.41, 5.74) is -0.0557. The number of aromatic nitrogens is 2. The van der Waals surface area contributed by atoms with Crippen molar-refractivity contribution in [3.8, 4) is 0 Å². The zero-order valence-corrected chi connectivity index (χ0v) is 19.3. The highest BCUT2D eigenvalue weighted by atomic mass is 19.1. The van der Waals surface area contributed by atoms with E-state index in [1.165, 1.54) is 24.3 Å². The van der Waals surface area contributed by atoms with Gasteiger partial charge in [-0.25, -0.2) is 22.9 Å². The first-order valence-corrected chi connectivity index (χ1v) is 11.3. The monoisotopic (exact) mass is 507 g/mol. The number of halogens is 3. The third-order valence-corrected chi connectivity index (χ3v) is 5.80. The van der Waals surface area contributed by atoms with Gasteiger partial charge in [0.1, 0.15) is 17.5 Å². The topological polar surface area (TPSA) is 96.5 Å². The second-order valence-corrected chi connectivity index (χ2v) is 8.23. The summed E-state index contributed by atoms with van der Waals surface area (Å²) >= 11 is 0. The molecule has 0 unspecified atom stereocenters. The van der Waals surface area contributed by atoms with Gasteiger partial charge in [0.05, 0.1) is 41.7 Å². The van der Waals surface area contributed by atoms with Crippen molar-refractivity contribution in [1.29, 1.82) is 0 Å². The van der Waals surface area contributed by atoms with Crippen molar-refractivity contribution in [2.24, 2.45) is 0 Å². The van der Waals surface area contributed by atoms with Gasteiger partial charge in [0.25, 0.3) is 0 Å². The summed E-state index contributed by atoms with van der Waals surface area (Å²) in [4.78, 5) is 36.4. The lowest BCUT2D eigenvalue weighted by atomic mass is 10.0. The third kappa shape index (κ3) is 5.21. The van der Waals surface area contributed by atoms with E-state index >= 15 is 4.39 Å². The molecule has 188 valence electrons. The Bertz CT molecular complexity index is 1490. The van der Waals surface area contributed by atoms with Gasteiger partial charge in [-0.3, -0.25) is 9.78 Å². The minimum atomic E-state index is -1.23. The molecule has 1 aliphatic heterocycles. The van der Waals surface area contributed by atoms with Gasteiger partial charge < -0.3 is 20.3 Å². The minimum absolute atomic E-state index is 0.00615. The van der Waals surface area contributed by atoms with Gasteiger partial charge in [-0.15, -0.1) is 0 Å². The molecular formula is C26H20F3N5O3. The molecule has 5 rings (SSSR count). The number of anilines is 3. The number of rotatable bonds is 5. The van der Waals surface area contributed by atoms with Crippen molar-refractivity contribution in [2.75, 3.05) is 41.8 Å². The second kappa shape index (κ2) is 10.2. The van der Waals surface area contributed by atoms with Gasteiger partial charge in [0.15, 0.2) is 11.6 Å². The number of nitrogens with zero attached hydrogens (tertiary/aromatic N) is 3. The molecule has 37 heavy (non-hydrogen) atoms. The van der Waals surface area contributed by atoms with Gasteiger partial charge in [-0.05, 0) is 54.6 Å². The SMILES string of the molecule is O=C(Nc1ccc(F)cc1)Nc1ccc(F)c(C(=O)c2ccc3ncc(N4CCOCC4)nc3c2)c1F. The Kier molecular flexibility index (Phi) is 6.69. The summed E-state index contributed by atoms with van der Waals surface area (Å²) in [7, 11) is 0. The molecule has 0 bridgehead atoms. The first-order chi connectivity index (χ1) is 17.9. The van der Waals surface area contributed by atoms with Crippen LogP contribution in [0.3, 0.4) is 0 Å². The van der Waals surface area contributed by atoms with E-state index in [9.17, 15) is 18.4 Å². The smallest absolute Gasteiger partial charge is 0.323 e. The highest BCUT2D eigenvalue weighted by Crippen LogP contribution is 2.26. The molecule has 0 radical (unpaired) electrons.